The second kappa shape index (κ2) is 9.84. The molecule has 9 heteroatoms. The summed E-state index contributed by atoms with van der Waals surface area (Å²) < 4.78 is 0. The van der Waals surface area contributed by atoms with Gasteiger partial charge in [0, 0.05) is 18.1 Å². The lowest BCUT2D eigenvalue weighted by molar-refractivity contribution is -0.384. The van der Waals surface area contributed by atoms with E-state index in [1.165, 1.54) is 6.20 Å². The lowest BCUT2D eigenvalue weighted by atomic mass is 9.82. The van der Waals surface area contributed by atoms with E-state index in [1.54, 1.807) is 0 Å². The molecule has 1 fully saturated rings. The van der Waals surface area contributed by atoms with E-state index in [1.807, 2.05) is 25.1 Å². The second-order valence-corrected chi connectivity index (χ2v) is 8.05. The predicted molar refractivity (Wildman–Crippen MR) is 115 cm³/mol. The minimum atomic E-state index is -0.460. The Bertz CT molecular complexity index is 855. The first-order valence-electron chi connectivity index (χ1n) is 9.90. The van der Waals surface area contributed by atoms with Crippen LogP contribution in [0.5, 0.6) is 0 Å². The van der Waals surface area contributed by atoms with Gasteiger partial charge in [0.05, 0.1) is 4.92 Å². The molecule has 3 rings (SSSR count). The molecule has 0 radical (unpaired) electrons. The fourth-order valence-corrected chi connectivity index (χ4v) is 3.84. The Morgan fingerprint density at radius 2 is 1.97 bits per heavy atom. The number of nitrogens with two attached hydrogens (primary N) is 1. The standard InChI is InChI=1S/C20H27ClN6O2/c1-13-2-7-17(21)8-16(13)11-24-20-25-12-18(27(28)29)19(26-20)23-10-15-5-3-14(9-22)4-6-15/h2,7-8,12,14-15H,3-6,9-11,22H2,1H3,(H2,23,24,25,26). The highest BCUT2D eigenvalue weighted by Gasteiger charge is 2.22. The molecule has 2 aromatic rings. The summed E-state index contributed by atoms with van der Waals surface area (Å²) in [6.07, 6.45) is 5.62. The molecule has 0 saturated heterocycles. The van der Waals surface area contributed by atoms with Crippen LogP contribution in [0.3, 0.4) is 0 Å². The Morgan fingerprint density at radius 3 is 2.66 bits per heavy atom. The number of nitrogens with zero attached hydrogens (tertiary/aromatic N) is 3. The normalized spacial score (nSPS) is 19.0. The predicted octanol–water partition coefficient (Wildman–Crippen LogP) is 4.14. The van der Waals surface area contributed by atoms with Crippen LogP contribution in [0.4, 0.5) is 17.5 Å². The molecule has 1 saturated carbocycles. The third-order valence-electron chi connectivity index (χ3n) is 5.57. The minimum absolute atomic E-state index is 0.120. The van der Waals surface area contributed by atoms with Gasteiger partial charge in [-0.15, -0.1) is 0 Å². The van der Waals surface area contributed by atoms with Gasteiger partial charge in [-0.25, -0.2) is 4.98 Å². The highest BCUT2D eigenvalue weighted by atomic mass is 35.5. The zero-order chi connectivity index (χ0) is 20.8. The van der Waals surface area contributed by atoms with Crippen LogP contribution in [0, 0.1) is 28.9 Å². The van der Waals surface area contributed by atoms with Gasteiger partial charge in [0.15, 0.2) is 0 Å². The van der Waals surface area contributed by atoms with E-state index in [-0.39, 0.29) is 11.5 Å². The fourth-order valence-electron chi connectivity index (χ4n) is 3.64. The summed E-state index contributed by atoms with van der Waals surface area (Å²) >= 11 is 6.06. The number of aromatic nitrogens is 2. The van der Waals surface area contributed by atoms with E-state index in [0.29, 0.717) is 35.9 Å². The summed E-state index contributed by atoms with van der Waals surface area (Å²) in [5.41, 5.74) is 7.74. The molecule has 0 amide bonds. The molecule has 0 aliphatic heterocycles. The summed E-state index contributed by atoms with van der Waals surface area (Å²) in [5, 5.41) is 18.3. The van der Waals surface area contributed by atoms with Crippen molar-refractivity contribution < 1.29 is 4.92 Å². The van der Waals surface area contributed by atoms with Crippen molar-refractivity contribution in [3.63, 3.8) is 0 Å². The number of hydrogen-bond acceptors (Lipinski definition) is 7. The zero-order valence-electron chi connectivity index (χ0n) is 16.5. The molecule has 1 heterocycles. The minimum Gasteiger partial charge on any atom is -0.364 e. The summed E-state index contributed by atoms with van der Waals surface area (Å²) in [6, 6.07) is 5.67. The van der Waals surface area contributed by atoms with Crippen LogP contribution in [0.2, 0.25) is 5.02 Å². The van der Waals surface area contributed by atoms with Crippen LogP contribution in [-0.2, 0) is 6.54 Å². The summed E-state index contributed by atoms with van der Waals surface area (Å²) in [6.45, 7) is 3.86. The van der Waals surface area contributed by atoms with Gasteiger partial charge in [0.2, 0.25) is 11.8 Å². The molecule has 1 aromatic carbocycles. The van der Waals surface area contributed by atoms with Gasteiger partial charge in [-0.2, -0.15) is 4.98 Å². The van der Waals surface area contributed by atoms with Gasteiger partial charge in [-0.3, -0.25) is 10.1 Å². The topological polar surface area (TPSA) is 119 Å². The Balaban J connectivity index is 1.66. The first-order valence-corrected chi connectivity index (χ1v) is 10.3. The van der Waals surface area contributed by atoms with E-state index in [4.69, 9.17) is 17.3 Å². The van der Waals surface area contributed by atoms with E-state index in [0.717, 1.165) is 43.4 Å². The average Bonchev–Trinajstić information content (AvgIpc) is 2.73. The molecular weight excluding hydrogens is 392 g/mol. The van der Waals surface area contributed by atoms with E-state index in [2.05, 4.69) is 20.6 Å². The first kappa shape index (κ1) is 21.3. The summed E-state index contributed by atoms with van der Waals surface area (Å²) in [4.78, 5) is 19.3. The Kier molecular flexibility index (Phi) is 7.22. The van der Waals surface area contributed by atoms with Crippen molar-refractivity contribution in [2.45, 2.75) is 39.2 Å². The maximum Gasteiger partial charge on any atom is 0.329 e. The number of halogens is 1. The van der Waals surface area contributed by atoms with Crippen LogP contribution in [-0.4, -0.2) is 28.0 Å². The van der Waals surface area contributed by atoms with Gasteiger partial charge < -0.3 is 16.4 Å². The monoisotopic (exact) mass is 418 g/mol. The van der Waals surface area contributed by atoms with Crippen molar-refractivity contribution in [3.05, 3.63) is 50.7 Å². The van der Waals surface area contributed by atoms with Crippen LogP contribution < -0.4 is 16.4 Å². The van der Waals surface area contributed by atoms with Gasteiger partial charge in [-0.05, 0) is 74.2 Å². The largest absolute Gasteiger partial charge is 0.364 e. The maximum atomic E-state index is 11.4. The number of hydrogen-bond donors (Lipinski definition) is 3. The van der Waals surface area contributed by atoms with Gasteiger partial charge in [0.1, 0.15) is 6.20 Å². The van der Waals surface area contributed by atoms with Gasteiger partial charge in [-0.1, -0.05) is 17.7 Å². The zero-order valence-corrected chi connectivity index (χ0v) is 17.3. The molecule has 1 aliphatic rings. The van der Waals surface area contributed by atoms with Crippen molar-refractivity contribution >= 4 is 29.1 Å². The maximum absolute atomic E-state index is 11.4. The Labute approximate surface area is 175 Å². The third-order valence-corrected chi connectivity index (χ3v) is 5.81. The highest BCUT2D eigenvalue weighted by molar-refractivity contribution is 6.30. The quantitative estimate of drug-likeness (QED) is 0.435. The van der Waals surface area contributed by atoms with E-state index in [9.17, 15) is 10.1 Å². The van der Waals surface area contributed by atoms with Gasteiger partial charge in [0.25, 0.3) is 0 Å². The smallest absolute Gasteiger partial charge is 0.329 e. The molecule has 1 aromatic heterocycles. The summed E-state index contributed by atoms with van der Waals surface area (Å²) in [5.74, 6) is 1.66. The average molecular weight is 419 g/mol. The van der Waals surface area contributed by atoms with Crippen molar-refractivity contribution in [1.82, 2.24) is 9.97 Å². The fraction of sp³-hybridized carbons (Fsp3) is 0.500. The van der Waals surface area contributed by atoms with Crippen molar-refractivity contribution in [2.24, 2.45) is 17.6 Å². The van der Waals surface area contributed by atoms with Crippen molar-refractivity contribution in [3.8, 4) is 0 Å². The number of rotatable bonds is 8. The van der Waals surface area contributed by atoms with Gasteiger partial charge >= 0.3 is 5.69 Å². The SMILES string of the molecule is Cc1ccc(Cl)cc1CNc1ncc([N+](=O)[O-])c(NCC2CCC(CN)CC2)n1. The highest BCUT2D eigenvalue weighted by Crippen LogP contribution is 2.29. The lowest BCUT2D eigenvalue weighted by Gasteiger charge is -2.27. The first-order chi connectivity index (χ1) is 14.0. The lowest BCUT2D eigenvalue weighted by Crippen LogP contribution is -2.25. The van der Waals surface area contributed by atoms with Crippen molar-refractivity contribution in [2.75, 3.05) is 23.7 Å². The van der Waals surface area contributed by atoms with E-state index < -0.39 is 4.92 Å². The molecule has 156 valence electrons. The number of aryl methyl sites for hydroxylation is 1. The number of benzene rings is 1. The third kappa shape index (κ3) is 5.77. The van der Waals surface area contributed by atoms with Crippen LogP contribution in [0.15, 0.2) is 24.4 Å². The molecule has 0 atom stereocenters. The second-order valence-electron chi connectivity index (χ2n) is 7.61. The van der Waals surface area contributed by atoms with Crippen molar-refractivity contribution in [1.29, 1.82) is 0 Å². The number of nitro groups is 1. The van der Waals surface area contributed by atoms with Crippen LogP contribution in [0.1, 0.15) is 36.8 Å². The van der Waals surface area contributed by atoms with Crippen LogP contribution in [0.25, 0.3) is 0 Å². The van der Waals surface area contributed by atoms with E-state index >= 15 is 0 Å². The molecule has 8 nitrogen and oxygen atoms in total. The summed E-state index contributed by atoms with van der Waals surface area (Å²) in [7, 11) is 0. The number of anilines is 2. The van der Waals surface area contributed by atoms with Crippen LogP contribution >= 0.6 is 11.6 Å². The molecule has 4 N–H and O–H groups in total. The molecule has 0 unspecified atom stereocenters. The molecule has 29 heavy (non-hydrogen) atoms. The molecule has 1 aliphatic carbocycles. The Hall–Kier alpha value is -2.45. The molecule has 0 spiro atoms. The number of nitrogens with one attached hydrogen (secondary N) is 2. The Morgan fingerprint density at radius 1 is 1.24 bits per heavy atom. The molecular formula is C20H27ClN6O2. The molecule has 0 bridgehead atoms.